The van der Waals surface area contributed by atoms with Gasteiger partial charge in [-0.05, 0) is 29.7 Å². The molecular weight excluding hydrogens is 268 g/mol. The Balaban J connectivity index is 1.77. The van der Waals surface area contributed by atoms with Crippen LogP contribution in [-0.2, 0) is 13.0 Å². The molecule has 5 heteroatoms. The number of aliphatic hydroxyl groups is 1. The summed E-state index contributed by atoms with van der Waals surface area (Å²) in [7, 11) is 0. The molecule has 2 rings (SSSR count). The lowest BCUT2D eigenvalue weighted by molar-refractivity contribution is 0.148. The number of carbonyl (C=O) groups excluding carboxylic acids is 1. The number of carbonyl (C=O) groups is 1. The number of benzene rings is 1. The predicted octanol–water partition coefficient (Wildman–Crippen LogP) is 2.37. The number of hydrogen-bond donors (Lipinski definition) is 3. The molecule has 0 aliphatic carbocycles. The van der Waals surface area contributed by atoms with Crippen molar-refractivity contribution in [3.05, 3.63) is 59.5 Å². The molecule has 0 aliphatic heterocycles. The van der Waals surface area contributed by atoms with Gasteiger partial charge in [-0.1, -0.05) is 31.2 Å². The highest BCUT2D eigenvalue weighted by molar-refractivity contribution is 5.73. The number of urea groups is 1. The lowest BCUT2D eigenvalue weighted by Crippen LogP contribution is -2.37. The number of aryl methyl sites for hydroxylation is 1. The van der Waals surface area contributed by atoms with Crippen LogP contribution in [0, 0.1) is 0 Å². The van der Waals surface area contributed by atoms with Crippen molar-refractivity contribution in [3.8, 4) is 0 Å². The number of nitrogens with one attached hydrogen (secondary N) is 2. The number of hydrogen-bond acceptors (Lipinski definition) is 3. The van der Waals surface area contributed by atoms with Gasteiger partial charge in [0.2, 0.25) is 0 Å². The number of aliphatic hydroxyl groups excluding tert-OH is 1. The predicted molar refractivity (Wildman–Crippen MR) is 79.7 cm³/mol. The van der Waals surface area contributed by atoms with Gasteiger partial charge in [-0.15, -0.1) is 0 Å². The summed E-state index contributed by atoms with van der Waals surface area (Å²) in [4.78, 5) is 11.7. The van der Waals surface area contributed by atoms with Crippen LogP contribution in [0.5, 0.6) is 0 Å². The first-order valence-electron chi connectivity index (χ1n) is 7.00. The van der Waals surface area contributed by atoms with Crippen molar-refractivity contribution in [1.29, 1.82) is 0 Å². The van der Waals surface area contributed by atoms with Crippen LogP contribution in [0.25, 0.3) is 0 Å². The van der Waals surface area contributed by atoms with Gasteiger partial charge in [-0.2, -0.15) is 0 Å². The summed E-state index contributed by atoms with van der Waals surface area (Å²) < 4.78 is 5.07. The van der Waals surface area contributed by atoms with Crippen molar-refractivity contribution in [2.75, 3.05) is 6.54 Å². The molecule has 0 saturated heterocycles. The lowest BCUT2D eigenvalue weighted by Gasteiger charge is -2.12. The van der Waals surface area contributed by atoms with Crippen molar-refractivity contribution in [3.63, 3.8) is 0 Å². The van der Waals surface area contributed by atoms with Crippen molar-refractivity contribution < 1.29 is 14.3 Å². The van der Waals surface area contributed by atoms with Crippen LogP contribution >= 0.6 is 0 Å². The van der Waals surface area contributed by atoms with Gasteiger partial charge in [0.15, 0.2) is 0 Å². The van der Waals surface area contributed by atoms with Crippen molar-refractivity contribution >= 4 is 6.03 Å². The van der Waals surface area contributed by atoms with E-state index in [4.69, 9.17) is 4.42 Å². The summed E-state index contributed by atoms with van der Waals surface area (Å²) in [5.74, 6) is 0.437. The van der Waals surface area contributed by atoms with E-state index in [1.54, 1.807) is 12.1 Å². The third-order valence-corrected chi connectivity index (χ3v) is 3.27. The molecule has 0 saturated carbocycles. The van der Waals surface area contributed by atoms with E-state index in [1.165, 1.54) is 11.8 Å². The molecule has 1 atom stereocenters. The summed E-state index contributed by atoms with van der Waals surface area (Å²) in [5.41, 5.74) is 2.31. The molecule has 112 valence electrons. The molecule has 0 bridgehead atoms. The second-order valence-corrected chi connectivity index (χ2v) is 4.72. The van der Waals surface area contributed by atoms with E-state index in [0.29, 0.717) is 12.3 Å². The summed E-state index contributed by atoms with van der Waals surface area (Å²) in [6, 6.07) is 11.0. The molecule has 0 fully saturated rings. The Kier molecular flexibility index (Phi) is 5.40. The van der Waals surface area contributed by atoms with Gasteiger partial charge in [-0.3, -0.25) is 0 Å². The van der Waals surface area contributed by atoms with Crippen LogP contribution in [0.3, 0.4) is 0 Å². The van der Waals surface area contributed by atoms with Gasteiger partial charge in [0.1, 0.15) is 11.9 Å². The molecule has 0 spiro atoms. The topological polar surface area (TPSA) is 74.5 Å². The van der Waals surface area contributed by atoms with Crippen molar-refractivity contribution in [2.45, 2.75) is 26.0 Å². The maximum Gasteiger partial charge on any atom is 0.315 e. The summed E-state index contributed by atoms with van der Waals surface area (Å²) in [6.07, 6.45) is 1.57. The summed E-state index contributed by atoms with van der Waals surface area (Å²) in [6.45, 7) is 2.65. The molecule has 3 N–H and O–H groups in total. The first kappa shape index (κ1) is 15.1. The van der Waals surface area contributed by atoms with E-state index in [1.807, 2.05) is 18.2 Å². The monoisotopic (exact) mass is 288 g/mol. The normalized spacial score (nSPS) is 11.9. The van der Waals surface area contributed by atoms with Crippen LogP contribution in [-0.4, -0.2) is 17.7 Å². The highest BCUT2D eigenvalue weighted by Crippen LogP contribution is 2.11. The Morgan fingerprint density at radius 3 is 2.62 bits per heavy atom. The van der Waals surface area contributed by atoms with E-state index < -0.39 is 6.10 Å². The zero-order valence-corrected chi connectivity index (χ0v) is 12.0. The Morgan fingerprint density at radius 1 is 1.19 bits per heavy atom. The second-order valence-electron chi connectivity index (χ2n) is 4.72. The molecule has 5 nitrogen and oxygen atoms in total. The van der Waals surface area contributed by atoms with E-state index in [0.717, 1.165) is 12.0 Å². The van der Waals surface area contributed by atoms with E-state index in [9.17, 15) is 9.90 Å². The number of rotatable bonds is 6. The third-order valence-electron chi connectivity index (χ3n) is 3.27. The zero-order chi connectivity index (χ0) is 15.1. The zero-order valence-electron chi connectivity index (χ0n) is 12.0. The SMILES string of the molecule is CCc1ccccc1CNC(=O)NCC(O)c1ccco1. The first-order chi connectivity index (χ1) is 10.2. The van der Waals surface area contributed by atoms with E-state index in [2.05, 4.69) is 23.6 Å². The average Bonchev–Trinajstić information content (AvgIpc) is 3.05. The van der Waals surface area contributed by atoms with Gasteiger partial charge < -0.3 is 20.2 Å². The van der Waals surface area contributed by atoms with Crippen LogP contribution in [0.15, 0.2) is 47.1 Å². The number of furan rings is 1. The molecule has 1 aromatic heterocycles. The Bertz CT molecular complexity index is 567. The minimum Gasteiger partial charge on any atom is -0.467 e. The molecule has 1 aromatic carbocycles. The van der Waals surface area contributed by atoms with Gasteiger partial charge in [0.05, 0.1) is 12.8 Å². The lowest BCUT2D eigenvalue weighted by atomic mass is 10.1. The number of amides is 2. The van der Waals surface area contributed by atoms with Crippen LogP contribution in [0.1, 0.15) is 29.9 Å². The first-order valence-corrected chi connectivity index (χ1v) is 7.00. The average molecular weight is 288 g/mol. The second kappa shape index (κ2) is 7.50. The highest BCUT2D eigenvalue weighted by atomic mass is 16.4. The minimum absolute atomic E-state index is 0.106. The molecule has 1 unspecified atom stereocenters. The fourth-order valence-electron chi connectivity index (χ4n) is 2.08. The maximum atomic E-state index is 11.7. The van der Waals surface area contributed by atoms with E-state index in [-0.39, 0.29) is 12.6 Å². The quantitative estimate of drug-likeness (QED) is 0.764. The molecule has 2 amide bonds. The molecule has 1 heterocycles. The minimum atomic E-state index is -0.839. The summed E-state index contributed by atoms with van der Waals surface area (Å²) in [5, 5.41) is 15.2. The van der Waals surface area contributed by atoms with Gasteiger partial charge >= 0.3 is 6.03 Å². The van der Waals surface area contributed by atoms with Crippen LogP contribution in [0.2, 0.25) is 0 Å². The largest absolute Gasteiger partial charge is 0.467 e. The van der Waals surface area contributed by atoms with Crippen LogP contribution < -0.4 is 10.6 Å². The van der Waals surface area contributed by atoms with E-state index >= 15 is 0 Å². The molecule has 21 heavy (non-hydrogen) atoms. The summed E-state index contributed by atoms with van der Waals surface area (Å²) >= 11 is 0. The fourth-order valence-corrected chi connectivity index (χ4v) is 2.08. The molecule has 0 aliphatic rings. The maximum absolute atomic E-state index is 11.7. The van der Waals surface area contributed by atoms with Crippen molar-refractivity contribution in [2.24, 2.45) is 0 Å². The smallest absolute Gasteiger partial charge is 0.315 e. The van der Waals surface area contributed by atoms with Gasteiger partial charge in [0, 0.05) is 6.54 Å². The standard InChI is InChI=1S/C16H20N2O3/c1-2-12-6-3-4-7-13(12)10-17-16(20)18-11-14(19)15-8-5-9-21-15/h3-9,14,19H,2,10-11H2,1H3,(H2,17,18,20). The van der Waals surface area contributed by atoms with Crippen LogP contribution in [0.4, 0.5) is 4.79 Å². The van der Waals surface area contributed by atoms with Gasteiger partial charge in [0.25, 0.3) is 0 Å². The molecule has 0 radical (unpaired) electrons. The Labute approximate surface area is 124 Å². The van der Waals surface area contributed by atoms with Gasteiger partial charge in [-0.25, -0.2) is 4.79 Å². The highest BCUT2D eigenvalue weighted by Gasteiger charge is 2.11. The Hall–Kier alpha value is -2.27. The fraction of sp³-hybridized carbons (Fsp3) is 0.312. The molecule has 2 aromatic rings. The van der Waals surface area contributed by atoms with Crippen molar-refractivity contribution in [1.82, 2.24) is 10.6 Å². The molecular formula is C16H20N2O3. The Morgan fingerprint density at radius 2 is 1.95 bits per heavy atom. The third kappa shape index (κ3) is 4.36.